The van der Waals surface area contributed by atoms with Gasteiger partial charge in [-0.3, -0.25) is 0 Å². The molecular weight excluding hydrogens is 1270 g/mol. The monoisotopic (exact) mass is 1310 g/mol. The normalized spacial score (nSPS) is 19.8. The summed E-state index contributed by atoms with van der Waals surface area (Å²) in [5.74, 6) is -3.72. The minimum absolute atomic E-state index is 0.0399. The molecule has 2 aliphatic heterocycles. The first-order valence-corrected chi connectivity index (χ1v) is 31.2. The number of rotatable bonds is 11. The average molecular weight is 1310 g/mol. The fourth-order valence-corrected chi connectivity index (χ4v) is 24.4. The van der Waals surface area contributed by atoms with Crippen molar-refractivity contribution in [3.8, 4) is 11.1 Å². The zero-order chi connectivity index (χ0) is 54.3. The number of aryl methyl sites for hydroxylation is 2. The number of alkyl halides is 6. The second-order valence-electron chi connectivity index (χ2n) is 17.1. The maximum absolute atomic E-state index is 14.9. The quantitative estimate of drug-likeness (QED) is 0.0521. The molecule has 4 aliphatic rings. The molecule has 10 rings (SSSR count). The van der Waals surface area contributed by atoms with Crippen molar-refractivity contribution in [2.75, 3.05) is 0 Å². The van der Waals surface area contributed by atoms with E-state index in [0.717, 1.165) is 12.2 Å². The van der Waals surface area contributed by atoms with Gasteiger partial charge in [-0.15, -0.1) is 0 Å². The number of ketones is 2. The molecule has 6 aromatic carbocycles. The molecule has 0 amide bonds. The third-order valence-corrected chi connectivity index (χ3v) is 27.1. The van der Waals surface area contributed by atoms with Crippen molar-refractivity contribution in [2.24, 2.45) is 0 Å². The molecule has 0 saturated heterocycles. The van der Waals surface area contributed by atoms with Crippen LogP contribution in [0.4, 0.5) is 26.3 Å². The number of benzene rings is 6. The summed E-state index contributed by atoms with van der Waals surface area (Å²) >= 11 is -10.4. The Bertz CT molecular complexity index is 3610. The summed E-state index contributed by atoms with van der Waals surface area (Å²) < 4.78 is 165. The Labute approximate surface area is 444 Å². The van der Waals surface area contributed by atoms with Gasteiger partial charge in [0, 0.05) is 0 Å². The van der Waals surface area contributed by atoms with Gasteiger partial charge < -0.3 is 0 Å². The Morgan fingerprint density at radius 1 is 0.461 bits per heavy atom. The van der Waals surface area contributed by atoms with Gasteiger partial charge >= 0.3 is 448 Å². The zero-order valence-electron chi connectivity index (χ0n) is 38.9. The molecule has 6 aromatic rings. The van der Waals surface area contributed by atoms with Gasteiger partial charge in [-0.2, -0.15) is 0 Å². The molecule has 12 nitrogen and oxygen atoms in total. The molecule has 2 atom stereocenters. The van der Waals surface area contributed by atoms with Crippen LogP contribution in [0.2, 0.25) is 0 Å². The molecular formula is C54H34F6I2O12S2. The van der Waals surface area contributed by atoms with E-state index in [-0.39, 0.29) is 73.9 Å². The van der Waals surface area contributed by atoms with E-state index in [4.69, 9.17) is 14.5 Å². The van der Waals surface area contributed by atoms with Gasteiger partial charge in [-0.1, -0.05) is 0 Å². The van der Waals surface area contributed by atoms with Crippen LogP contribution in [0.5, 0.6) is 0 Å². The first-order valence-electron chi connectivity index (χ1n) is 22.3. The summed E-state index contributed by atoms with van der Waals surface area (Å²) in [6.07, 6.45) is 4.65. The number of halogens is 8. The molecule has 2 aliphatic carbocycles. The van der Waals surface area contributed by atoms with Gasteiger partial charge in [0.1, 0.15) is 0 Å². The van der Waals surface area contributed by atoms with Gasteiger partial charge in [-0.05, 0) is 0 Å². The van der Waals surface area contributed by atoms with Gasteiger partial charge in [0.2, 0.25) is 0 Å². The molecule has 390 valence electrons. The predicted molar refractivity (Wildman–Crippen MR) is 281 cm³/mol. The molecule has 2 heterocycles. The van der Waals surface area contributed by atoms with Crippen LogP contribution in [0.1, 0.15) is 54.1 Å². The van der Waals surface area contributed by atoms with Gasteiger partial charge in [-0.25, -0.2) is 0 Å². The number of carbonyl (C=O) groups is 4. The molecule has 22 heteroatoms. The Morgan fingerprint density at radius 3 is 1.16 bits per heavy atom. The van der Waals surface area contributed by atoms with Crippen molar-refractivity contribution in [1.82, 2.24) is 0 Å². The van der Waals surface area contributed by atoms with Crippen LogP contribution in [0.25, 0.3) is 22.3 Å². The summed E-state index contributed by atoms with van der Waals surface area (Å²) in [5.41, 5.74) is -16.5. The summed E-state index contributed by atoms with van der Waals surface area (Å²) in [4.78, 5) is 56.6. The van der Waals surface area contributed by atoms with E-state index < -0.39 is 114 Å². The van der Waals surface area contributed by atoms with E-state index >= 15 is 0 Å². The van der Waals surface area contributed by atoms with Crippen molar-refractivity contribution in [1.29, 1.82) is 0 Å². The van der Waals surface area contributed by atoms with Crippen LogP contribution < -0.4 is 0 Å². The second kappa shape index (κ2) is 19.2. The topological polar surface area (TPSA) is 173 Å². The molecule has 76 heavy (non-hydrogen) atoms. The molecule has 0 N–H and O–H groups in total. The third kappa shape index (κ3) is 8.65. The number of ether oxygens (including phenoxy) is 2. The molecule has 2 unspecified atom stereocenters. The maximum atomic E-state index is 14.9. The predicted octanol–water partition coefficient (Wildman–Crippen LogP) is 12.1. The molecule has 0 radical (unpaired) electrons. The third-order valence-electron chi connectivity index (χ3n) is 12.6. The van der Waals surface area contributed by atoms with Crippen molar-refractivity contribution < 1.29 is 76.9 Å². The van der Waals surface area contributed by atoms with E-state index in [1.165, 1.54) is 159 Å². The number of hydrogen-bond acceptors (Lipinski definition) is 12. The van der Waals surface area contributed by atoms with Crippen LogP contribution >= 0.6 is 40.5 Å². The molecule has 0 aromatic heterocycles. The number of esters is 2. The molecule has 0 bridgehead atoms. The molecule has 0 saturated carbocycles. The fraction of sp³-hybridized carbons (Fsp3) is 0.111. The van der Waals surface area contributed by atoms with Gasteiger partial charge in [0.05, 0.1) is 0 Å². The van der Waals surface area contributed by atoms with E-state index in [2.05, 4.69) is 0 Å². The van der Waals surface area contributed by atoms with Crippen LogP contribution in [0.3, 0.4) is 0 Å². The molecule has 2 spiro atoms. The molecule has 0 fully saturated rings. The van der Waals surface area contributed by atoms with E-state index in [0.29, 0.717) is 0 Å². The first-order chi connectivity index (χ1) is 35.9. The fourth-order valence-electron chi connectivity index (χ4n) is 9.38. The summed E-state index contributed by atoms with van der Waals surface area (Å²) in [7, 11) is -13.4. The van der Waals surface area contributed by atoms with E-state index in [1.807, 2.05) is 0 Å². The number of fused-ring (bicyclic) bond motifs is 4. The van der Waals surface area contributed by atoms with Crippen LogP contribution in [-0.4, -0.2) is 51.4 Å². The number of allylic oxidation sites excluding steroid dienone is 2. The van der Waals surface area contributed by atoms with Crippen molar-refractivity contribution in [2.45, 2.75) is 36.1 Å². The van der Waals surface area contributed by atoms with Crippen LogP contribution in [0, 0.1) is 21.0 Å². The summed E-state index contributed by atoms with van der Waals surface area (Å²) in [6, 6.07) is 34.9. The van der Waals surface area contributed by atoms with Gasteiger partial charge in [0.15, 0.2) is 0 Å². The number of carbonyl (C=O) groups excluding carboxylic acids is 4. The summed E-state index contributed by atoms with van der Waals surface area (Å²) in [5, 5.41) is 0. The average Bonchev–Trinajstić information content (AvgIpc) is 3.94. The van der Waals surface area contributed by atoms with Crippen molar-refractivity contribution in [3.05, 3.63) is 229 Å². The number of hydrogen-bond donors (Lipinski definition) is 0. The standard InChI is InChI=1S/C54H34F6I2O12S2/c1-31-15-13-25-39(61(73-75(67,68)53(55,56)57)47-45(33-17-5-3-6-18-33)51(71-49(47)65)29-27-41(63)35-21-9-11-23-37(35)51)43(31)44-32(2)16-14-26-40(44)62(74-76(69,70)54(58,59)60)48-46(34-19-7-4-8-20-34)52(72-50(48)66)30-28-42(64)36-22-10-12-24-38(36)52/h3-30H,1-2H3. The Morgan fingerprint density at radius 2 is 0.803 bits per heavy atom. The van der Waals surface area contributed by atoms with E-state index in [1.54, 1.807) is 12.1 Å². The van der Waals surface area contributed by atoms with Crippen molar-refractivity contribution >= 4 is 95.4 Å². The second-order valence-corrected chi connectivity index (χ2v) is 29.6. The van der Waals surface area contributed by atoms with Crippen molar-refractivity contribution in [3.63, 3.8) is 0 Å². The SMILES string of the molecule is Cc1cccc(I(OS(=O)(=O)C(F)(F)F)C2=C(c3ccccc3)C3(C=CC(=O)c4ccccc43)OC2=O)c1-c1c(C)cccc1I(OS(=O)(=O)C(F)(F)F)C1=C(c2ccccc2)C2(C=CC(=O)c3ccccc32)OC1=O. The van der Waals surface area contributed by atoms with Gasteiger partial charge in [0.25, 0.3) is 0 Å². The van der Waals surface area contributed by atoms with E-state index in [9.17, 15) is 62.4 Å². The Balaban J connectivity index is 1.31. The Kier molecular flexibility index (Phi) is 13.3. The first kappa shape index (κ1) is 52.8. The Hall–Kier alpha value is -6.58. The zero-order valence-corrected chi connectivity index (χ0v) is 44.9. The minimum atomic E-state index is -6.68. The van der Waals surface area contributed by atoms with Crippen LogP contribution in [0.15, 0.2) is 177 Å². The van der Waals surface area contributed by atoms with Crippen LogP contribution in [-0.2, 0) is 55.5 Å². The summed E-state index contributed by atoms with van der Waals surface area (Å²) in [6.45, 7) is 2.85.